The van der Waals surface area contributed by atoms with E-state index in [1.807, 2.05) is 25.1 Å². The number of nitrogens with zero attached hydrogens (tertiary/aromatic N) is 2. The van der Waals surface area contributed by atoms with E-state index in [0.29, 0.717) is 30.4 Å². The Morgan fingerprint density at radius 2 is 2.09 bits per heavy atom. The van der Waals surface area contributed by atoms with Gasteiger partial charge in [-0.05, 0) is 31.5 Å². The molecule has 0 spiro atoms. The van der Waals surface area contributed by atoms with Gasteiger partial charge < -0.3 is 20.2 Å². The van der Waals surface area contributed by atoms with Crippen LogP contribution in [0, 0.1) is 0 Å². The first-order valence-corrected chi connectivity index (χ1v) is 7.06. The number of ether oxygens (including phenoxy) is 2. The lowest BCUT2D eigenvalue weighted by atomic mass is 10.1. The summed E-state index contributed by atoms with van der Waals surface area (Å²) >= 11 is 0. The van der Waals surface area contributed by atoms with Gasteiger partial charge in [-0.15, -0.1) is 10.2 Å². The van der Waals surface area contributed by atoms with Crippen molar-refractivity contribution in [3.8, 4) is 11.5 Å². The Kier molecular flexibility index (Phi) is 5.11. The van der Waals surface area contributed by atoms with Gasteiger partial charge in [0.1, 0.15) is 11.5 Å². The van der Waals surface area contributed by atoms with E-state index in [2.05, 4.69) is 15.2 Å². The summed E-state index contributed by atoms with van der Waals surface area (Å²) < 4.78 is 10.8. The van der Waals surface area contributed by atoms with Crippen LogP contribution in [0.2, 0.25) is 0 Å². The normalized spacial score (nSPS) is 12.0. The third-order valence-electron chi connectivity index (χ3n) is 3.10. The summed E-state index contributed by atoms with van der Waals surface area (Å²) in [5, 5.41) is 7.91. The van der Waals surface area contributed by atoms with Crippen molar-refractivity contribution in [2.75, 3.05) is 13.7 Å². The monoisotopic (exact) mass is 304 g/mol. The number of nitrogens with two attached hydrogens (primary N) is 1. The molecule has 2 aromatic rings. The molecule has 0 amide bonds. The molecule has 0 saturated heterocycles. The van der Waals surface area contributed by atoms with E-state index in [0.717, 1.165) is 5.56 Å². The highest BCUT2D eigenvalue weighted by molar-refractivity contribution is 5.43. The number of methoxy groups -OCH3 is 1. The molecule has 0 fully saturated rings. The van der Waals surface area contributed by atoms with Crippen molar-refractivity contribution in [3.05, 3.63) is 45.6 Å². The van der Waals surface area contributed by atoms with Crippen LogP contribution in [0.3, 0.4) is 0 Å². The predicted molar refractivity (Wildman–Crippen MR) is 82.2 cm³/mol. The largest absolute Gasteiger partial charge is 0.493 e. The topological polar surface area (TPSA) is 103 Å². The lowest BCUT2D eigenvalue weighted by Crippen LogP contribution is -2.24. The fourth-order valence-corrected chi connectivity index (χ4v) is 2.05. The van der Waals surface area contributed by atoms with Crippen molar-refractivity contribution < 1.29 is 9.47 Å². The molecule has 7 nitrogen and oxygen atoms in total. The van der Waals surface area contributed by atoms with Gasteiger partial charge in [0.25, 0.3) is 5.56 Å². The lowest BCUT2D eigenvalue weighted by molar-refractivity contribution is 0.310. The fourth-order valence-electron chi connectivity index (χ4n) is 2.05. The molecule has 0 aliphatic rings. The van der Waals surface area contributed by atoms with Crippen LogP contribution in [0.4, 0.5) is 0 Å². The second kappa shape index (κ2) is 7.04. The average molecular weight is 304 g/mol. The van der Waals surface area contributed by atoms with E-state index >= 15 is 0 Å². The summed E-state index contributed by atoms with van der Waals surface area (Å²) in [5.41, 5.74) is 6.51. The standard InChI is InChI=1S/C15H20N4O3/c1-4-22-12-7-10(5-6-11(12)21-3)8-13-17-15(20)14(9(2)16)19-18-13/h5-7,9H,4,8,16H2,1-3H3,(H,17,18,20). The molecule has 0 aliphatic carbocycles. The van der Waals surface area contributed by atoms with Crippen LogP contribution in [0.15, 0.2) is 23.0 Å². The summed E-state index contributed by atoms with van der Waals surface area (Å²) in [6.45, 7) is 4.14. The maximum absolute atomic E-state index is 11.9. The van der Waals surface area contributed by atoms with Crippen LogP contribution in [0.25, 0.3) is 0 Å². The van der Waals surface area contributed by atoms with Crippen LogP contribution in [0.1, 0.15) is 37.0 Å². The maximum atomic E-state index is 11.9. The molecule has 1 unspecified atom stereocenters. The van der Waals surface area contributed by atoms with Crippen LogP contribution < -0.4 is 20.8 Å². The number of hydrogen-bond acceptors (Lipinski definition) is 6. The van der Waals surface area contributed by atoms with Gasteiger partial charge in [0.15, 0.2) is 11.5 Å². The van der Waals surface area contributed by atoms with Gasteiger partial charge in [-0.2, -0.15) is 0 Å². The van der Waals surface area contributed by atoms with Crippen LogP contribution in [-0.2, 0) is 6.42 Å². The summed E-state index contributed by atoms with van der Waals surface area (Å²) in [7, 11) is 1.59. The second-order valence-electron chi connectivity index (χ2n) is 4.87. The molecule has 22 heavy (non-hydrogen) atoms. The number of aromatic amines is 1. The first-order chi connectivity index (χ1) is 10.5. The Morgan fingerprint density at radius 1 is 1.32 bits per heavy atom. The van der Waals surface area contributed by atoms with E-state index in [9.17, 15) is 4.79 Å². The molecule has 0 bridgehead atoms. The Labute approximate surface area is 128 Å². The van der Waals surface area contributed by atoms with E-state index in [4.69, 9.17) is 15.2 Å². The van der Waals surface area contributed by atoms with Crippen LogP contribution in [0.5, 0.6) is 11.5 Å². The Bertz CT molecular complexity index is 697. The van der Waals surface area contributed by atoms with Gasteiger partial charge in [-0.25, -0.2) is 0 Å². The molecule has 3 N–H and O–H groups in total. The molecule has 0 aliphatic heterocycles. The molecule has 1 aromatic heterocycles. The predicted octanol–water partition coefficient (Wildman–Crippen LogP) is 1.18. The second-order valence-corrected chi connectivity index (χ2v) is 4.87. The van der Waals surface area contributed by atoms with Gasteiger partial charge in [-0.1, -0.05) is 6.07 Å². The lowest BCUT2D eigenvalue weighted by Gasteiger charge is -2.11. The van der Waals surface area contributed by atoms with Crippen LogP contribution in [-0.4, -0.2) is 28.9 Å². The summed E-state index contributed by atoms with van der Waals surface area (Å²) in [6.07, 6.45) is 0.436. The number of benzene rings is 1. The van der Waals surface area contributed by atoms with Gasteiger partial charge >= 0.3 is 0 Å². The molecule has 118 valence electrons. The first-order valence-electron chi connectivity index (χ1n) is 7.06. The van der Waals surface area contributed by atoms with Crippen LogP contribution >= 0.6 is 0 Å². The molecule has 1 heterocycles. The number of nitrogens with one attached hydrogen (secondary N) is 1. The third-order valence-corrected chi connectivity index (χ3v) is 3.10. The molecular weight excluding hydrogens is 284 g/mol. The first kappa shape index (κ1) is 16.0. The zero-order valence-electron chi connectivity index (χ0n) is 12.9. The molecule has 7 heteroatoms. The number of rotatable bonds is 6. The number of H-pyrrole nitrogens is 1. The molecule has 1 atom stereocenters. The van der Waals surface area contributed by atoms with Gasteiger partial charge in [-0.3, -0.25) is 4.79 Å². The minimum Gasteiger partial charge on any atom is -0.493 e. The zero-order chi connectivity index (χ0) is 16.1. The third kappa shape index (κ3) is 3.62. The van der Waals surface area contributed by atoms with E-state index in [1.54, 1.807) is 14.0 Å². The zero-order valence-corrected chi connectivity index (χ0v) is 12.9. The smallest absolute Gasteiger partial charge is 0.274 e. The SMILES string of the molecule is CCOc1cc(Cc2nnc(C(C)N)c(=O)[nH]2)ccc1OC. The Balaban J connectivity index is 2.25. The van der Waals surface area contributed by atoms with Crippen molar-refractivity contribution in [2.45, 2.75) is 26.3 Å². The van der Waals surface area contributed by atoms with Crippen molar-refractivity contribution in [2.24, 2.45) is 5.73 Å². The van der Waals surface area contributed by atoms with Gasteiger partial charge in [0, 0.05) is 6.42 Å². The Morgan fingerprint density at radius 3 is 2.68 bits per heavy atom. The minimum atomic E-state index is -0.448. The number of hydrogen-bond donors (Lipinski definition) is 2. The molecule has 2 rings (SSSR count). The highest BCUT2D eigenvalue weighted by Gasteiger charge is 2.11. The summed E-state index contributed by atoms with van der Waals surface area (Å²) in [4.78, 5) is 14.6. The molecule has 0 radical (unpaired) electrons. The van der Waals surface area contributed by atoms with Crippen molar-refractivity contribution in [1.82, 2.24) is 15.2 Å². The van der Waals surface area contributed by atoms with Crippen molar-refractivity contribution in [3.63, 3.8) is 0 Å². The molecule has 1 aromatic carbocycles. The van der Waals surface area contributed by atoms with E-state index in [-0.39, 0.29) is 11.3 Å². The Hall–Kier alpha value is -2.41. The molecule has 0 saturated carbocycles. The summed E-state index contributed by atoms with van der Waals surface area (Å²) in [6, 6.07) is 5.13. The maximum Gasteiger partial charge on any atom is 0.274 e. The highest BCUT2D eigenvalue weighted by atomic mass is 16.5. The summed E-state index contributed by atoms with van der Waals surface area (Å²) in [5.74, 6) is 1.80. The van der Waals surface area contributed by atoms with E-state index in [1.165, 1.54) is 0 Å². The average Bonchev–Trinajstić information content (AvgIpc) is 2.47. The van der Waals surface area contributed by atoms with Crippen molar-refractivity contribution in [1.29, 1.82) is 0 Å². The van der Waals surface area contributed by atoms with Crippen molar-refractivity contribution >= 4 is 0 Å². The van der Waals surface area contributed by atoms with Gasteiger partial charge in [0.05, 0.1) is 19.8 Å². The highest BCUT2D eigenvalue weighted by Crippen LogP contribution is 2.28. The van der Waals surface area contributed by atoms with Gasteiger partial charge in [0.2, 0.25) is 0 Å². The minimum absolute atomic E-state index is 0.230. The van der Waals surface area contributed by atoms with E-state index < -0.39 is 6.04 Å². The molecular formula is C15H20N4O3. The quantitative estimate of drug-likeness (QED) is 0.830. The number of aromatic nitrogens is 3. The fraction of sp³-hybridized carbons (Fsp3) is 0.400.